The number of carboxylic acid groups (broad SMARTS) is 2. The van der Waals surface area contributed by atoms with Gasteiger partial charge in [0, 0.05) is 0 Å². The van der Waals surface area contributed by atoms with Crippen molar-refractivity contribution in [2.75, 3.05) is 0 Å². The summed E-state index contributed by atoms with van der Waals surface area (Å²) in [5, 5.41) is 18.2. The van der Waals surface area contributed by atoms with E-state index in [1.807, 2.05) is 0 Å². The van der Waals surface area contributed by atoms with E-state index in [1.165, 1.54) is 32.1 Å². The maximum atomic E-state index is 11.3. The van der Waals surface area contributed by atoms with Crippen LogP contribution in [0.3, 0.4) is 0 Å². The molecular formula is C16H28O4. The molecule has 0 aromatic carbocycles. The molecule has 0 heterocycles. The van der Waals surface area contributed by atoms with Gasteiger partial charge in [0.05, 0.1) is 12.3 Å². The second-order valence-corrected chi connectivity index (χ2v) is 6.06. The lowest BCUT2D eigenvalue weighted by Crippen LogP contribution is -2.26. The van der Waals surface area contributed by atoms with Gasteiger partial charge in [0.1, 0.15) is 0 Å². The van der Waals surface area contributed by atoms with Gasteiger partial charge in [0.25, 0.3) is 0 Å². The molecule has 0 amide bonds. The van der Waals surface area contributed by atoms with E-state index in [4.69, 9.17) is 5.11 Å². The summed E-state index contributed by atoms with van der Waals surface area (Å²) in [5.41, 5.74) is 0. The number of rotatable bonds is 4. The summed E-state index contributed by atoms with van der Waals surface area (Å²) in [6, 6.07) is 0. The lowest BCUT2D eigenvalue weighted by atomic mass is 9.81. The van der Waals surface area contributed by atoms with Crippen LogP contribution >= 0.6 is 0 Å². The molecule has 0 spiro atoms. The van der Waals surface area contributed by atoms with Crippen molar-refractivity contribution in [1.29, 1.82) is 0 Å². The van der Waals surface area contributed by atoms with Gasteiger partial charge in [-0.2, -0.15) is 0 Å². The van der Waals surface area contributed by atoms with Crippen molar-refractivity contribution in [2.45, 2.75) is 77.0 Å². The van der Waals surface area contributed by atoms with Crippen molar-refractivity contribution in [3.63, 3.8) is 0 Å². The molecule has 2 N–H and O–H groups in total. The average Bonchev–Trinajstić information content (AvgIpc) is 2.36. The van der Waals surface area contributed by atoms with E-state index in [0.29, 0.717) is 0 Å². The third kappa shape index (κ3) is 6.92. The number of hydrogen-bond donors (Lipinski definition) is 2. The van der Waals surface area contributed by atoms with Crippen LogP contribution in [0.2, 0.25) is 0 Å². The van der Waals surface area contributed by atoms with Crippen LogP contribution in [0, 0.1) is 11.8 Å². The Kier molecular flexibility index (Phi) is 8.31. The quantitative estimate of drug-likeness (QED) is 0.815. The maximum Gasteiger partial charge on any atom is 0.307 e. The Morgan fingerprint density at radius 2 is 1.20 bits per heavy atom. The fourth-order valence-corrected chi connectivity index (χ4v) is 3.24. The molecule has 0 bridgehead atoms. The fourth-order valence-electron chi connectivity index (χ4n) is 3.24. The first-order valence-electron chi connectivity index (χ1n) is 8.06. The van der Waals surface area contributed by atoms with E-state index in [1.54, 1.807) is 0 Å². The second kappa shape index (κ2) is 9.78. The van der Waals surface area contributed by atoms with Crippen LogP contribution in [0.4, 0.5) is 0 Å². The SMILES string of the molecule is O=C(O)CC(C(=O)O)C1CCCCCCCCCCC1. The number of carbonyl (C=O) groups is 2. The van der Waals surface area contributed by atoms with E-state index in [0.717, 1.165) is 38.5 Å². The topological polar surface area (TPSA) is 74.6 Å². The molecule has 1 aliphatic rings. The normalized spacial score (nSPS) is 21.4. The predicted octanol–water partition coefficient (Wildman–Crippen LogP) is 4.08. The van der Waals surface area contributed by atoms with E-state index < -0.39 is 17.9 Å². The molecule has 1 atom stereocenters. The lowest BCUT2D eigenvalue weighted by Gasteiger charge is -2.23. The molecule has 116 valence electrons. The molecule has 0 aromatic heterocycles. The summed E-state index contributed by atoms with van der Waals surface area (Å²) in [6.45, 7) is 0. The Bertz CT molecular complexity index is 289. The third-order valence-electron chi connectivity index (χ3n) is 4.43. The van der Waals surface area contributed by atoms with Crippen LogP contribution in [0.1, 0.15) is 77.0 Å². The molecule has 1 aliphatic carbocycles. The Morgan fingerprint density at radius 3 is 1.55 bits per heavy atom. The van der Waals surface area contributed by atoms with Crippen LogP contribution in [0.15, 0.2) is 0 Å². The lowest BCUT2D eigenvalue weighted by molar-refractivity contribution is -0.150. The zero-order valence-electron chi connectivity index (χ0n) is 12.4. The van der Waals surface area contributed by atoms with Crippen LogP contribution in [0.25, 0.3) is 0 Å². The molecule has 4 heteroatoms. The third-order valence-corrected chi connectivity index (χ3v) is 4.43. The zero-order valence-corrected chi connectivity index (χ0v) is 12.4. The van der Waals surface area contributed by atoms with Crippen molar-refractivity contribution in [3.8, 4) is 0 Å². The summed E-state index contributed by atoms with van der Waals surface area (Å²) in [4.78, 5) is 22.2. The van der Waals surface area contributed by atoms with Crippen molar-refractivity contribution in [2.24, 2.45) is 11.8 Å². The molecule has 0 radical (unpaired) electrons. The minimum absolute atomic E-state index is 0.0306. The molecule has 1 rings (SSSR count). The minimum atomic E-state index is -0.997. The van der Waals surface area contributed by atoms with Crippen molar-refractivity contribution in [1.82, 2.24) is 0 Å². The van der Waals surface area contributed by atoms with Gasteiger partial charge in [-0.25, -0.2) is 0 Å². The van der Waals surface area contributed by atoms with Gasteiger partial charge in [0.2, 0.25) is 0 Å². The highest BCUT2D eigenvalue weighted by Crippen LogP contribution is 2.29. The van der Waals surface area contributed by atoms with E-state index >= 15 is 0 Å². The summed E-state index contributed by atoms with van der Waals surface area (Å²) in [7, 11) is 0. The Balaban J connectivity index is 2.58. The fraction of sp³-hybridized carbons (Fsp3) is 0.875. The Hall–Kier alpha value is -1.06. The first-order valence-corrected chi connectivity index (χ1v) is 8.06. The van der Waals surface area contributed by atoms with Gasteiger partial charge >= 0.3 is 11.9 Å². The smallest absolute Gasteiger partial charge is 0.307 e. The molecule has 0 aliphatic heterocycles. The molecule has 0 aromatic rings. The molecule has 1 saturated carbocycles. The molecule has 1 fully saturated rings. The van der Waals surface area contributed by atoms with Gasteiger partial charge in [0.15, 0.2) is 0 Å². The van der Waals surface area contributed by atoms with Crippen molar-refractivity contribution >= 4 is 11.9 Å². The van der Waals surface area contributed by atoms with Crippen LogP contribution in [-0.2, 0) is 9.59 Å². The average molecular weight is 284 g/mol. The van der Waals surface area contributed by atoms with Gasteiger partial charge in [-0.15, -0.1) is 0 Å². The second-order valence-electron chi connectivity index (χ2n) is 6.06. The zero-order chi connectivity index (χ0) is 14.8. The first-order chi connectivity index (χ1) is 9.61. The molecule has 1 unspecified atom stereocenters. The molecule has 20 heavy (non-hydrogen) atoms. The number of aliphatic carboxylic acids is 2. The van der Waals surface area contributed by atoms with E-state index in [-0.39, 0.29) is 12.3 Å². The summed E-state index contributed by atoms with van der Waals surface area (Å²) in [6.07, 6.45) is 12.2. The van der Waals surface area contributed by atoms with Crippen molar-refractivity contribution in [3.05, 3.63) is 0 Å². The van der Waals surface area contributed by atoms with Gasteiger partial charge in [-0.3, -0.25) is 9.59 Å². The minimum Gasteiger partial charge on any atom is -0.481 e. The highest BCUT2D eigenvalue weighted by atomic mass is 16.4. The van der Waals surface area contributed by atoms with Crippen LogP contribution in [-0.4, -0.2) is 22.2 Å². The van der Waals surface area contributed by atoms with Gasteiger partial charge in [-0.1, -0.05) is 57.8 Å². The summed E-state index contributed by atoms with van der Waals surface area (Å²) >= 11 is 0. The molecule has 4 nitrogen and oxygen atoms in total. The highest BCUT2D eigenvalue weighted by molar-refractivity contribution is 5.77. The Labute approximate surface area is 121 Å². The first kappa shape index (κ1) is 17.0. The largest absolute Gasteiger partial charge is 0.481 e. The van der Waals surface area contributed by atoms with Crippen LogP contribution < -0.4 is 0 Å². The Morgan fingerprint density at radius 1 is 0.800 bits per heavy atom. The van der Waals surface area contributed by atoms with Crippen LogP contribution in [0.5, 0.6) is 0 Å². The molecular weight excluding hydrogens is 256 g/mol. The highest BCUT2D eigenvalue weighted by Gasteiger charge is 2.29. The van der Waals surface area contributed by atoms with Gasteiger partial charge < -0.3 is 10.2 Å². The van der Waals surface area contributed by atoms with Gasteiger partial charge in [-0.05, 0) is 18.8 Å². The summed E-state index contributed by atoms with van der Waals surface area (Å²) < 4.78 is 0. The number of hydrogen-bond acceptors (Lipinski definition) is 2. The molecule has 0 saturated heterocycles. The predicted molar refractivity (Wildman–Crippen MR) is 77.7 cm³/mol. The maximum absolute atomic E-state index is 11.3. The number of carboxylic acids is 2. The van der Waals surface area contributed by atoms with E-state index in [9.17, 15) is 14.7 Å². The van der Waals surface area contributed by atoms with Crippen molar-refractivity contribution < 1.29 is 19.8 Å². The standard InChI is InChI=1S/C16H28O4/c17-15(18)12-14(16(19)20)13-10-8-6-4-2-1-3-5-7-9-11-13/h13-14H,1-12H2,(H,17,18)(H,19,20). The summed E-state index contributed by atoms with van der Waals surface area (Å²) in [5.74, 6) is -2.62. The monoisotopic (exact) mass is 284 g/mol. The van der Waals surface area contributed by atoms with E-state index in [2.05, 4.69) is 0 Å².